The van der Waals surface area contributed by atoms with Crippen LogP contribution in [0.3, 0.4) is 0 Å². The number of amides is 1. The molecule has 4 nitrogen and oxygen atoms in total. The topological polar surface area (TPSA) is 54.0 Å². The van der Waals surface area contributed by atoms with Gasteiger partial charge in [-0.2, -0.15) is 0 Å². The van der Waals surface area contributed by atoms with Crippen LogP contribution in [0, 0.1) is 0 Å². The molecule has 1 unspecified atom stereocenters. The Morgan fingerprint density at radius 3 is 2.26 bits per heavy atom. The number of nitrogens with one attached hydrogen (secondary N) is 2. The predicted molar refractivity (Wildman–Crippen MR) is 98.3 cm³/mol. The van der Waals surface area contributed by atoms with E-state index in [0.29, 0.717) is 6.42 Å². The lowest BCUT2D eigenvalue weighted by molar-refractivity contribution is -0.121. The highest BCUT2D eigenvalue weighted by Crippen LogP contribution is 2.21. The standard InChI is InChI=1S/C17H21N3O.2ClH/c1-18-11-5-8-16(21)20-17(14-6-3-2-4-7-14)15-9-12-19-13-10-15;;/h2-4,6-7,9-10,12-13,17-18H,5,8,11H2,1H3,(H,20,21);2*1H. The van der Waals surface area contributed by atoms with Crippen LogP contribution in [0.2, 0.25) is 0 Å². The summed E-state index contributed by atoms with van der Waals surface area (Å²) in [5.74, 6) is 0.0657. The third-order valence-corrected chi connectivity index (χ3v) is 3.31. The lowest BCUT2D eigenvalue weighted by Crippen LogP contribution is -2.29. The quantitative estimate of drug-likeness (QED) is 0.750. The van der Waals surface area contributed by atoms with Crippen molar-refractivity contribution in [2.75, 3.05) is 13.6 Å². The minimum absolute atomic E-state index is 0. The molecule has 0 spiro atoms. The molecular formula is C17H23Cl2N3O. The molecule has 2 rings (SSSR count). The highest BCUT2D eigenvalue weighted by atomic mass is 35.5. The fourth-order valence-electron chi connectivity index (χ4n) is 2.22. The van der Waals surface area contributed by atoms with Crippen LogP contribution < -0.4 is 10.6 Å². The highest BCUT2D eigenvalue weighted by molar-refractivity contribution is 5.85. The zero-order chi connectivity index (χ0) is 14.9. The van der Waals surface area contributed by atoms with E-state index in [1.165, 1.54) is 0 Å². The van der Waals surface area contributed by atoms with Gasteiger partial charge in [-0.3, -0.25) is 9.78 Å². The summed E-state index contributed by atoms with van der Waals surface area (Å²) in [6, 6.07) is 13.7. The van der Waals surface area contributed by atoms with Crippen molar-refractivity contribution >= 4 is 30.7 Å². The molecular weight excluding hydrogens is 333 g/mol. The second-order valence-electron chi connectivity index (χ2n) is 4.90. The Morgan fingerprint density at radius 2 is 1.65 bits per heavy atom. The molecule has 1 amide bonds. The number of aromatic nitrogens is 1. The molecule has 0 aliphatic carbocycles. The van der Waals surface area contributed by atoms with Gasteiger partial charge in [0.25, 0.3) is 0 Å². The van der Waals surface area contributed by atoms with Crippen molar-refractivity contribution in [3.05, 3.63) is 66.0 Å². The zero-order valence-corrected chi connectivity index (χ0v) is 14.7. The van der Waals surface area contributed by atoms with Gasteiger partial charge >= 0.3 is 0 Å². The molecule has 1 atom stereocenters. The van der Waals surface area contributed by atoms with E-state index < -0.39 is 0 Å². The summed E-state index contributed by atoms with van der Waals surface area (Å²) in [6.45, 7) is 0.846. The van der Waals surface area contributed by atoms with E-state index >= 15 is 0 Å². The van der Waals surface area contributed by atoms with Gasteiger partial charge in [0.15, 0.2) is 0 Å². The van der Waals surface area contributed by atoms with Gasteiger partial charge in [-0.1, -0.05) is 30.3 Å². The van der Waals surface area contributed by atoms with Crippen molar-refractivity contribution in [1.29, 1.82) is 0 Å². The molecule has 0 fully saturated rings. The molecule has 0 bridgehead atoms. The number of nitrogens with zero attached hydrogens (tertiary/aromatic N) is 1. The van der Waals surface area contributed by atoms with Crippen LogP contribution in [0.4, 0.5) is 0 Å². The monoisotopic (exact) mass is 355 g/mol. The second-order valence-corrected chi connectivity index (χ2v) is 4.90. The van der Waals surface area contributed by atoms with E-state index in [2.05, 4.69) is 15.6 Å². The fourth-order valence-corrected chi connectivity index (χ4v) is 2.22. The van der Waals surface area contributed by atoms with E-state index in [0.717, 1.165) is 24.1 Å². The van der Waals surface area contributed by atoms with Crippen LogP contribution >= 0.6 is 24.8 Å². The Morgan fingerprint density at radius 1 is 1.04 bits per heavy atom. The molecule has 2 aromatic rings. The van der Waals surface area contributed by atoms with Crippen LogP contribution in [-0.2, 0) is 4.79 Å². The Balaban J connectivity index is 0.00000242. The van der Waals surface area contributed by atoms with Gasteiger partial charge in [-0.05, 0) is 43.3 Å². The van der Waals surface area contributed by atoms with Gasteiger partial charge in [0.05, 0.1) is 6.04 Å². The first-order valence-electron chi connectivity index (χ1n) is 7.20. The molecule has 1 heterocycles. The minimum atomic E-state index is -0.128. The molecule has 2 N–H and O–H groups in total. The predicted octanol–water partition coefficient (Wildman–Crippen LogP) is 3.13. The van der Waals surface area contributed by atoms with Crippen molar-refractivity contribution in [1.82, 2.24) is 15.6 Å². The highest BCUT2D eigenvalue weighted by Gasteiger charge is 2.16. The van der Waals surface area contributed by atoms with Gasteiger partial charge in [-0.15, -0.1) is 24.8 Å². The Hall–Kier alpha value is -1.62. The van der Waals surface area contributed by atoms with Crippen LogP contribution in [0.15, 0.2) is 54.9 Å². The van der Waals surface area contributed by atoms with Crippen LogP contribution in [0.1, 0.15) is 30.0 Å². The Kier molecular flexibility index (Phi) is 11.0. The molecule has 6 heteroatoms. The van der Waals surface area contributed by atoms with E-state index in [-0.39, 0.29) is 36.8 Å². The molecule has 23 heavy (non-hydrogen) atoms. The maximum atomic E-state index is 12.1. The van der Waals surface area contributed by atoms with E-state index in [9.17, 15) is 4.79 Å². The number of benzene rings is 1. The second kappa shape index (κ2) is 11.9. The minimum Gasteiger partial charge on any atom is -0.345 e. The third kappa shape index (κ3) is 6.99. The van der Waals surface area contributed by atoms with E-state index in [1.807, 2.05) is 49.5 Å². The molecule has 1 aromatic heterocycles. The molecule has 126 valence electrons. The number of rotatable bonds is 7. The van der Waals surface area contributed by atoms with Crippen LogP contribution in [0.5, 0.6) is 0 Å². The number of carbonyl (C=O) groups excluding carboxylic acids is 1. The van der Waals surface area contributed by atoms with Crippen molar-refractivity contribution in [3.8, 4) is 0 Å². The van der Waals surface area contributed by atoms with Crippen molar-refractivity contribution in [2.45, 2.75) is 18.9 Å². The molecule has 0 saturated carbocycles. The zero-order valence-electron chi connectivity index (χ0n) is 13.1. The smallest absolute Gasteiger partial charge is 0.220 e. The first-order valence-corrected chi connectivity index (χ1v) is 7.20. The molecule has 0 aliphatic heterocycles. The number of pyridine rings is 1. The average molecular weight is 356 g/mol. The van der Waals surface area contributed by atoms with Crippen LogP contribution in [0.25, 0.3) is 0 Å². The van der Waals surface area contributed by atoms with Crippen molar-refractivity contribution < 1.29 is 4.79 Å². The number of hydrogen-bond donors (Lipinski definition) is 2. The fraction of sp³-hybridized carbons (Fsp3) is 0.294. The van der Waals surface area contributed by atoms with Crippen LogP contribution in [-0.4, -0.2) is 24.5 Å². The summed E-state index contributed by atoms with van der Waals surface area (Å²) >= 11 is 0. The molecule has 0 saturated heterocycles. The number of halogens is 2. The SMILES string of the molecule is CNCCCC(=O)NC(c1ccccc1)c1ccncc1.Cl.Cl. The first-order chi connectivity index (χ1) is 10.3. The first kappa shape index (κ1) is 21.4. The third-order valence-electron chi connectivity index (χ3n) is 3.31. The lowest BCUT2D eigenvalue weighted by atomic mass is 9.99. The van der Waals surface area contributed by atoms with Gasteiger partial charge in [0, 0.05) is 18.8 Å². The average Bonchev–Trinajstić information content (AvgIpc) is 2.54. The van der Waals surface area contributed by atoms with Gasteiger partial charge < -0.3 is 10.6 Å². The normalized spacial score (nSPS) is 10.8. The van der Waals surface area contributed by atoms with Crippen molar-refractivity contribution in [2.24, 2.45) is 0 Å². The van der Waals surface area contributed by atoms with E-state index in [4.69, 9.17) is 0 Å². The Labute approximate surface area is 149 Å². The number of carbonyl (C=O) groups is 1. The molecule has 1 aromatic carbocycles. The Bertz CT molecular complexity index is 513. The number of hydrogen-bond acceptors (Lipinski definition) is 3. The maximum absolute atomic E-state index is 12.1. The summed E-state index contributed by atoms with van der Waals surface area (Å²) in [5.41, 5.74) is 2.11. The summed E-state index contributed by atoms with van der Waals surface area (Å²) < 4.78 is 0. The van der Waals surface area contributed by atoms with Gasteiger partial charge in [0.1, 0.15) is 0 Å². The van der Waals surface area contributed by atoms with Gasteiger partial charge in [-0.25, -0.2) is 0 Å². The van der Waals surface area contributed by atoms with E-state index in [1.54, 1.807) is 12.4 Å². The lowest BCUT2D eigenvalue weighted by Gasteiger charge is -2.19. The summed E-state index contributed by atoms with van der Waals surface area (Å²) in [4.78, 5) is 16.2. The summed E-state index contributed by atoms with van der Waals surface area (Å²) in [6.07, 6.45) is 4.85. The molecule has 0 radical (unpaired) electrons. The largest absolute Gasteiger partial charge is 0.345 e. The van der Waals surface area contributed by atoms with Crippen molar-refractivity contribution in [3.63, 3.8) is 0 Å². The molecule has 0 aliphatic rings. The maximum Gasteiger partial charge on any atom is 0.220 e. The van der Waals surface area contributed by atoms with Gasteiger partial charge in [0.2, 0.25) is 5.91 Å². The summed E-state index contributed by atoms with van der Waals surface area (Å²) in [7, 11) is 1.89. The summed E-state index contributed by atoms with van der Waals surface area (Å²) in [5, 5.41) is 6.17.